The number of hydrogen-bond acceptors (Lipinski definition) is 6. The van der Waals surface area contributed by atoms with Gasteiger partial charge in [-0.1, -0.05) is 0 Å². The lowest BCUT2D eigenvalue weighted by atomic mass is 10.1. The summed E-state index contributed by atoms with van der Waals surface area (Å²) >= 11 is 0. The molecule has 0 heterocycles. The van der Waals surface area contributed by atoms with E-state index in [9.17, 15) is 19.8 Å². The van der Waals surface area contributed by atoms with E-state index in [1.54, 1.807) is 48.5 Å². The molecule has 0 unspecified atom stereocenters. The second-order valence-electron chi connectivity index (χ2n) is 5.70. The van der Waals surface area contributed by atoms with Crippen molar-refractivity contribution >= 4 is 23.1 Å². The van der Waals surface area contributed by atoms with Gasteiger partial charge >= 0.3 is 0 Å². The average Bonchev–Trinajstić information content (AvgIpc) is 2.69. The van der Waals surface area contributed by atoms with Gasteiger partial charge in [0.05, 0.1) is 13.2 Å². The van der Waals surface area contributed by atoms with Crippen molar-refractivity contribution in [3.8, 4) is 11.5 Å². The molecule has 6 nitrogen and oxygen atoms in total. The standard InChI is InChI=1S/C22H22O6/c1-3-27-17-9-5-15(6-10-17)19(23)13-21(25)22(26)14-20(24)16-7-11-18(12-8-16)28-4-2/h5-14,23-24H,3-4H2,1-2H3/b19-13-,20-14-. The predicted molar refractivity (Wildman–Crippen MR) is 106 cm³/mol. The van der Waals surface area contributed by atoms with Gasteiger partial charge in [-0.05, 0) is 62.4 Å². The zero-order chi connectivity index (χ0) is 20.5. The molecule has 2 rings (SSSR count). The quantitative estimate of drug-likeness (QED) is 0.385. The number of aliphatic hydroxyl groups is 2. The van der Waals surface area contributed by atoms with E-state index in [-0.39, 0.29) is 11.5 Å². The van der Waals surface area contributed by atoms with Crippen LogP contribution >= 0.6 is 0 Å². The Labute approximate surface area is 163 Å². The molecule has 2 aromatic rings. The monoisotopic (exact) mass is 382 g/mol. The molecule has 146 valence electrons. The minimum Gasteiger partial charge on any atom is -0.507 e. The minimum atomic E-state index is -0.955. The Morgan fingerprint density at radius 3 is 1.32 bits per heavy atom. The summed E-state index contributed by atoms with van der Waals surface area (Å²) in [6.07, 6.45) is 1.64. The average molecular weight is 382 g/mol. The fourth-order valence-corrected chi connectivity index (χ4v) is 2.33. The van der Waals surface area contributed by atoms with Crippen molar-refractivity contribution in [3.05, 3.63) is 71.8 Å². The van der Waals surface area contributed by atoms with Gasteiger partial charge in [-0.2, -0.15) is 0 Å². The SMILES string of the molecule is CCOc1ccc(/C(O)=C/C(=O)C(=O)/C=C(\O)c2ccc(OCC)cc2)cc1. The van der Waals surface area contributed by atoms with Crippen LogP contribution in [0.15, 0.2) is 60.7 Å². The Morgan fingerprint density at radius 1 is 0.714 bits per heavy atom. The van der Waals surface area contributed by atoms with Crippen molar-refractivity contribution in [2.75, 3.05) is 13.2 Å². The Hall–Kier alpha value is -3.54. The van der Waals surface area contributed by atoms with Crippen LogP contribution in [0.1, 0.15) is 25.0 Å². The smallest absolute Gasteiger partial charge is 0.229 e. The third kappa shape index (κ3) is 5.74. The van der Waals surface area contributed by atoms with Crippen LogP contribution < -0.4 is 9.47 Å². The van der Waals surface area contributed by atoms with E-state index < -0.39 is 11.6 Å². The van der Waals surface area contributed by atoms with Crippen LogP contribution in [-0.4, -0.2) is 35.0 Å². The van der Waals surface area contributed by atoms with Gasteiger partial charge < -0.3 is 19.7 Å². The third-order valence-electron chi connectivity index (χ3n) is 3.70. The maximum absolute atomic E-state index is 12.0. The first-order valence-corrected chi connectivity index (χ1v) is 8.80. The number of allylic oxidation sites excluding steroid dienone is 2. The maximum atomic E-state index is 12.0. The van der Waals surface area contributed by atoms with Gasteiger partial charge in [0, 0.05) is 23.3 Å². The van der Waals surface area contributed by atoms with Gasteiger partial charge in [-0.15, -0.1) is 0 Å². The molecule has 0 radical (unpaired) electrons. The minimum absolute atomic E-state index is 0.352. The van der Waals surface area contributed by atoms with Crippen molar-refractivity contribution in [3.63, 3.8) is 0 Å². The molecule has 0 saturated heterocycles. The van der Waals surface area contributed by atoms with Crippen LogP contribution in [0, 0.1) is 0 Å². The largest absolute Gasteiger partial charge is 0.507 e. The summed E-state index contributed by atoms with van der Waals surface area (Å²) in [5.41, 5.74) is 0.730. The van der Waals surface area contributed by atoms with Crippen molar-refractivity contribution in [1.29, 1.82) is 0 Å². The lowest BCUT2D eigenvalue weighted by Gasteiger charge is -2.05. The van der Waals surface area contributed by atoms with Gasteiger partial charge in [0.15, 0.2) is 0 Å². The lowest BCUT2D eigenvalue weighted by molar-refractivity contribution is -0.130. The molecule has 0 aliphatic rings. The molecule has 0 atom stereocenters. The number of rotatable bonds is 9. The summed E-state index contributed by atoms with van der Waals surface area (Å²) in [5, 5.41) is 20.1. The van der Waals surface area contributed by atoms with Crippen molar-refractivity contribution in [1.82, 2.24) is 0 Å². The molecule has 0 bridgehead atoms. The van der Waals surface area contributed by atoms with Crippen LogP contribution in [0.4, 0.5) is 0 Å². The highest BCUT2D eigenvalue weighted by Crippen LogP contribution is 2.19. The molecule has 0 amide bonds. The molecule has 2 aromatic carbocycles. The summed E-state index contributed by atoms with van der Waals surface area (Å²) in [6.45, 7) is 4.73. The Morgan fingerprint density at radius 2 is 1.04 bits per heavy atom. The summed E-state index contributed by atoms with van der Waals surface area (Å²) in [5.74, 6) is -1.35. The first-order valence-electron chi connectivity index (χ1n) is 8.80. The molecule has 0 aromatic heterocycles. The molecular formula is C22H22O6. The van der Waals surface area contributed by atoms with Crippen LogP contribution in [-0.2, 0) is 9.59 Å². The van der Waals surface area contributed by atoms with E-state index in [0.29, 0.717) is 35.8 Å². The van der Waals surface area contributed by atoms with Gasteiger partial charge in [0.1, 0.15) is 23.0 Å². The zero-order valence-corrected chi connectivity index (χ0v) is 15.7. The number of benzene rings is 2. The number of ketones is 2. The summed E-state index contributed by atoms with van der Waals surface area (Å²) in [4.78, 5) is 24.0. The molecule has 0 aliphatic carbocycles. The van der Waals surface area contributed by atoms with Gasteiger partial charge in [-0.3, -0.25) is 9.59 Å². The van der Waals surface area contributed by atoms with Gasteiger partial charge in [-0.25, -0.2) is 0 Å². The molecule has 2 N–H and O–H groups in total. The zero-order valence-electron chi connectivity index (χ0n) is 15.7. The normalized spacial score (nSPS) is 11.8. The first-order chi connectivity index (χ1) is 13.4. The number of hydrogen-bond donors (Lipinski definition) is 2. The van der Waals surface area contributed by atoms with Crippen molar-refractivity contribution < 1.29 is 29.3 Å². The molecule has 0 saturated carbocycles. The highest BCUT2D eigenvalue weighted by Gasteiger charge is 2.13. The van der Waals surface area contributed by atoms with E-state index in [4.69, 9.17) is 9.47 Å². The highest BCUT2D eigenvalue weighted by atomic mass is 16.5. The van der Waals surface area contributed by atoms with E-state index >= 15 is 0 Å². The number of carbonyl (C=O) groups is 2. The summed E-state index contributed by atoms with van der Waals surface area (Å²) in [7, 11) is 0. The van der Waals surface area contributed by atoms with Gasteiger partial charge in [0.2, 0.25) is 11.6 Å². The third-order valence-corrected chi connectivity index (χ3v) is 3.70. The Balaban J connectivity index is 2.08. The van der Waals surface area contributed by atoms with E-state index in [0.717, 1.165) is 12.2 Å². The topological polar surface area (TPSA) is 93.1 Å². The number of carbonyl (C=O) groups excluding carboxylic acids is 2. The predicted octanol–water partition coefficient (Wildman–Crippen LogP) is 4.12. The van der Waals surface area contributed by atoms with Crippen LogP contribution in [0.2, 0.25) is 0 Å². The van der Waals surface area contributed by atoms with Crippen LogP contribution in [0.25, 0.3) is 11.5 Å². The Kier molecular flexibility index (Phi) is 7.39. The number of aliphatic hydroxyl groups excluding tert-OH is 2. The lowest BCUT2D eigenvalue weighted by Crippen LogP contribution is -2.09. The van der Waals surface area contributed by atoms with Crippen LogP contribution in [0.5, 0.6) is 11.5 Å². The molecule has 28 heavy (non-hydrogen) atoms. The van der Waals surface area contributed by atoms with Crippen molar-refractivity contribution in [2.45, 2.75) is 13.8 Å². The van der Waals surface area contributed by atoms with E-state index in [1.165, 1.54) is 0 Å². The molecule has 0 fully saturated rings. The fourth-order valence-electron chi connectivity index (χ4n) is 2.33. The molecule has 0 aliphatic heterocycles. The molecule has 0 spiro atoms. The Bertz CT molecular complexity index is 801. The van der Waals surface area contributed by atoms with Crippen molar-refractivity contribution in [2.24, 2.45) is 0 Å². The van der Waals surface area contributed by atoms with Crippen LogP contribution in [0.3, 0.4) is 0 Å². The second kappa shape index (κ2) is 9.97. The van der Waals surface area contributed by atoms with E-state index in [1.807, 2.05) is 13.8 Å². The summed E-state index contributed by atoms with van der Waals surface area (Å²) in [6, 6.07) is 12.9. The maximum Gasteiger partial charge on any atom is 0.229 e. The molecular weight excluding hydrogens is 360 g/mol. The summed E-state index contributed by atoms with van der Waals surface area (Å²) < 4.78 is 10.6. The van der Waals surface area contributed by atoms with Gasteiger partial charge in [0.25, 0.3) is 0 Å². The second-order valence-corrected chi connectivity index (χ2v) is 5.70. The first kappa shape index (κ1) is 20.8. The van der Waals surface area contributed by atoms with E-state index in [2.05, 4.69) is 0 Å². The fraction of sp³-hybridized carbons (Fsp3) is 0.182. The highest BCUT2D eigenvalue weighted by molar-refractivity contribution is 6.47. The molecule has 6 heteroatoms. The number of ether oxygens (including phenoxy) is 2.